The van der Waals surface area contributed by atoms with Crippen LogP contribution in [-0.2, 0) is 22.7 Å². The normalized spacial score (nSPS) is 11.0. The van der Waals surface area contributed by atoms with Crippen LogP contribution in [0.3, 0.4) is 0 Å². The van der Waals surface area contributed by atoms with Gasteiger partial charge in [-0.15, -0.1) is 0 Å². The molecular formula is C20H28N4O3S. The third-order valence-corrected chi connectivity index (χ3v) is 5.08. The van der Waals surface area contributed by atoms with Gasteiger partial charge in [-0.1, -0.05) is 29.5 Å². The number of hydrogen-bond donors (Lipinski definition) is 3. The van der Waals surface area contributed by atoms with Gasteiger partial charge in [0.25, 0.3) is 0 Å². The van der Waals surface area contributed by atoms with Gasteiger partial charge in [0.1, 0.15) is 6.54 Å². The number of aliphatic hydroxyl groups excluding tert-OH is 1. The highest BCUT2D eigenvalue weighted by Gasteiger charge is 2.16. The van der Waals surface area contributed by atoms with Crippen LogP contribution in [0.1, 0.15) is 36.2 Å². The minimum atomic E-state index is -0.226. The number of nitrogens with zero attached hydrogens (tertiary/aromatic N) is 2. The quantitative estimate of drug-likeness (QED) is 0.588. The SMILES string of the molecule is Cc1cc(C)c(NC(=O)CSc2ncc(CO)n2CC(=O)NC(C)C)c(C)c1. The Balaban J connectivity index is 2.05. The van der Waals surface area contributed by atoms with Gasteiger partial charge >= 0.3 is 0 Å². The first-order valence-corrected chi connectivity index (χ1v) is 10.1. The van der Waals surface area contributed by atoms with Crippen LogP contribution in [0, 0.1) is 20.8 Å². The second-order valence-corrected chi connectivity index (χ2v) is 8.05. The van der Waals surface area contributed by atoms with E-state index in [2.05, 4.69) is 15.6 Å². The molecule has 152 valence electrons. The lowest BCUT2D eigenvalue weighted by Gasteiger charge is -2.14. The molecule has 2 aromatic rings. The first-order chi connectivity index (χ1) is 13.2. The van der Waals surface area contributed by atoms with E-state index >= 15 is 0 Å². The predicted octanol–water partition coefficient (Wildman–Crippen LogP) is 2.56. The van der Waals surface area contributed by atoms with Gasteiger partial charge in [0.05, 0.1) is 24.3 Å². The Morgan fingerprint density at radius 2 is 1.82 bits per heavy atom. The summed E-state index contributed by atoms with van der Waals surface area (Å²) in [5.41, 5.74) is 4.55. The molecule has 0 saturated heterocycles. The molecule has 0 aliphatic heterocycles. The fraction of sp³-hybridized carbons (Fsp3) is 0.450. The van der Waals surface area contributed by atoms with Crippen LogP contribution < -0.4 is 10.6 Å². The summed E-state index contributed by atoms with van der Waals surface area (Å²) in [6.07, 6.45) is 1.52. The Hall–Kier alpha value is -2.32. The van der Waals surface area contributed by atoms with Crippen molar-refractivity contribution < 1.29 is 14.7 Å². The number of aryl methyl sites for hydroxylation is 3. The largest absolute Gasteiger partial charge is 0.390 e. The average molecular weight is 405 g/mol. The number of imidazole rings is 1. The Bertz CT molecular complexity index is 838. The van der Waals surface area contributed by atoms with Crippen LogP contribution in [0.2, 0.25) is 0 Å². The number of carbonyl (C=O) groups excluding carboxylic acids is 2. The van der Waals surface area contributed by atoms with Crippen LogP contribution in [-0.4, -0.2) is 38.3 Å². The van der Waals surface area contributed by atoms with Gasteiger partial charge in [0.15, 0.2) is 5.16 Å². The molecule has 1 heterocycles. The fourth-order valence-corrected chi connectivity index (χ4v) is 3.79. The third kappa shape index (κ3) is 5.84. The molecule has 0 saturated carbocycles. The molecule has 0 bridgehead atoms. The van der Waals surface area contributed by atoms with Crippen LogP contribution in [0.15, 0.2) is 23.5 Å². The number of hydrogen-bond acceptors (Lipinski definition) is 5. The van der Waals surface area contributed by atoms with Gasteiger partial charge in [0.2, 0.25) is 11.8 Å². The molecule has 0 atom stereocenters. The van der Waals surface area contributed by atoms with Crippen LogP contribution in [0.5, 0.6) is 0 Å². The summed E-state index contributed by atoms with van der Waals surface area (Å²) in [4.78, 5) is 28.8. The topological polar surface area (TPSA) is 96.2 Å². The third-order valence-electron chi connectivity index (χ3n) is 4.09. The lowest BCUT2D eigenvalue weighted by Crippen LogP contribution is -2.33. The van der Waals surface area contributed by atoms with Crippen molar-refractivity contribution in [2.75, 3.05) is 11.1 Å². The van der Waals surface area contributed by atoms with Crippen molar-refractivity contribution in [3.63, 3.8) is 0 Å². The van der Waals surface area contributed by atoms with Crippen molar-refractivity contribution in [1.82, 2.24) is 14.9 Å². The highest BCUT2D eigenvalue weighted by molar-refractivity contribution is 7.99. The molecule has 28 heavy (non-hydrogen) atoms. The molecule has 7 nitrogen and oxygen atoms in total. The van der Waals surface area contributed by atoms with E-state index in [4.69, 9.17) is 0 Å². The van der Waals surface area contributed by atoms with Gasteiger partial charge in [0, 0.05) is 11.7 Å². The van der Waals surface area contributed by atoms with Crippen LogP contribution >= 0.6 is 11.8 Å². The van der Waals surface area contributed by atoms with E-state index in [1.54, 1.807) is 4.57 Å². The number of aliphatic hydroxyl groups is 1. The monoisotopic (exact) mass is 404 g/mol. The van der Waals surface area contributed by atoms with Gasteiger partial charge in [-0.25, -0.2) is 4.98 Å². The molecule has 0 aliphatic carbocycles. The van der Waals surface area contributed by atoms with E-state index in [0.29, 0.717) is 10.9 Å². The lowest BCUT2D eigenvalue weighted by atomic mass is 10.1. The zero-order valence-corrected chi connectivity index (χ0v) is 17.8. The van der Waals surface area contributed by atoms with E-state index in [1.807, 2.05) is 46.8 Å². The van der Waals surface area contributed by atoms with Gasteiger partial charge in [-0.3, -0.25) is 9.59 Å². The molecule has 2 rings (SSSR count). The van der Waals surface area contributed by atoms with Crippen molar-refractivity contribution in [1.29, 1.82) is 0 Å². The standard InChI is InChI=1S/C20H28N4O3S/c1-12(2)22-17(26)9-24-16(10-25)8-21-20(24)28-11-18(27)23-19-14(4)6-13(3)7-15(19)5/h6-8,12,25H,9-11H2,1-5H3,(H,22,26)(H,23,27). The predicted molar refractivity (Wildman–Crippen MR) is 111 cm³/mol. The van der Waals surface area contributed by atoms with Crippen LogP contribution in [0.25, 0.3) is 0 Å². The number of anilines is 1. The molecule has 0 radical (unpaired) electrons. The van der Waals surface area contributed by atoms with E-state index in [1.165, 1.54) is 18.0 Å². The number of nitrogens with one attached hydrogen (secondary N) is 2. The number of rotatable bonds is 8. The van der Waals surface area contributed by atoms with Crippen LogP contribution in [0.4, 0.5) is 5.69 Å². The molecule has 8 heteroatoms. The molecule has 1 aromatic carbocycles. The number of carbonyl (C=O) groups is 2. The Morgan fingerprint density at radius 3 is 2.39 bits per heavy atom. The molecule has 0 spiro atoms. The number of aromatic nitrogens is 2. The van der Waals surface area contributed by atoms with Gasteiger partial charge in [-0.05, 0) is 45.7 Å². The summed E-state index contributed by atoms with van der Waals surface area (Å²) in [7, 11) is 0. The maximum Gasteiger partial charge on any atom is 0.240 e. The number of amides is 2. The molecule has 2 amide bonds. The Kier molecular flexibility index (Phi) is 7.65. The number of thioether (sulfide) groups is 1. The summed E-state index contributed by atoms with van der Waals surface area (Å²) < 4.78 is 1.64. The summed E-state index contributed by atoms with van der Waals surface area (Å²) in [6, 6.07) is 4.09. The summed E-state index contributed by atoms with van der Waals surface area (Å²) in [5.74, 6) is -0.160. The van der Waals surface area contributed by atoms with Gasteiger partial charge < -0.3 is 20.3 Å². The first kappa shape index (κ1) is 22.0. The number of benzene rings is 1. The van der Waals surface area contributed by atoms with E-state index in [-0.39, 0.29) is 36.8 Å². The molecule has 0 unspecified atom stereocenters. The van der Waals surface area contributed by atoms with Crippen molar-refractivity contribution >= 4 is 29.3 Å². The molecule has 1 aromatic heterocycles. The van der Waals surface area contributed by atoms with E-state index < -0.39 is 0 Å². The summed E-state index contributed by atoms with van der Waals surface area (Å²) in [5, 5.41) is 15.8. The smallest absolute Gasteiger partial charge is 0.240 e. The minimum Gasteiger partial charge on any atom is -0.390 e. The summed E-state index contributed by atoms with van der Waals surface area (Å²) in [6.45, 7) is 9.55. The lowest BCUT2D eigenvalue weighted by molar-refractivity contribution is -0.122. The highest BCUT2D eigenvalue weighted by Crippen LogP contribution is 2.23. The molecule has 0 aliphatic rings. The van der Waals surface area contributed by atoms with Crippen molar-refractivity contribution in [3.05, 3.63) is 40.7 Å². The van der Waals surface area contributed by atoms with Crippen molar-refractivity contribution in [3.8, 4) is 0 Å². The first-order valence-electron chi connectivity index (χ1n) is 9.16. The summed E-state index contributed by atoms with van der Waals surface area (Å²) >= 11 is 1.24. The second-order valence-electron chi connectivity index (χ2n) is 7.11. The van der Waals surface area contributed by atoms with Crippen molar-refractivity contribution in [2.24, 2.45) is 0 Å². The molecule has 3 N–H and O–H groups in total. The zero-order chi connectivity index (χ0) is 20.8. The average Bonchev–Trinajstić information content (AvgIpc) is 2.97. The maximum atomic E-state index is 12.4. The Morgan fingerprint density at radius 1 is 1.18 bits per heavy atom. The van der Waals surface area contributed by atoms with Gasteiger partial charge in [-0.2, -0.15) is 0 Å². The second kappa shape index (κ2) is 9.75. The molecule has 0 fully saturated rings. The van der Waals surface area contributed by atoms with E-state index in [0.717, 1.165) is 22.4 Å². The maximum absolute atomic E-state index is 12.4. The highest BCUT2D eigenvalue weighted by atomic mass is 32.2. The minimum absolute atomic E-state index is 0.0245. The van der Waals surface area contributed by atoms with E-state index in [9.17, 15) is 14.7 Å². The molecular weight excluding hydrogens is 376 g/mol. The Labute approximate surface area is 169 Å². The van der Waals surface area contributed by atoms with Crippen molar-refractivity contribution in [2.45, 2.75) is 59.0 Å². The zero-order valence-electron chi connectivity index (χ0n) is 17.0. The fourth-order valence-electron chi connectivity index (χ4n) is 3.00.